The van der Waals surface area contributed by atoms with Crippen LogP contribution in [0.15, 0.2) is 12.1 Å². The Hall–Kier alpha value is -1.29. The molecule has 5 heteroatoms. The third-order valence-electron chi connectivity index (χ3n) is 2.71. The molecule has 0 saturated carbocycles. The Labute approximate surface area is 98.9 Å². The van der Waals surface area contributed by atoms with Crippen molar-refractivity contribution in [3.8, 4) is 0 Å². The number of rotatable bonds is 2. The van der Waals surface area contributed by atoms with E-state index in [0.29, 0.717) is 5.82 Å². The maximum Gasteiger partial charge on any atom is 0.335 e. The lowest BCUT2D eigenvalue weighted by atomic mass is 10.1. The Morgan fingerprint density at radius 3 is 2.62 bits per heavy atom. The summed E-state index contributed by atoms with van der Waals surface area (Å²) >= 11 is 5.81. The molecular formula is C11H13ClN2O2. The van der Waals surface area contributed by atoms with E-state index in [2.05, 4.69) is 9.88 Å². The SMILES string of the molecule is O=C(O)c1cc(Cl)nc(N2CCCCC2)c1. The van der Waals surface area contributed by atoms with Crippen LogP contribution in [0, 0.1) is 0 Å². The van der Waals surface area contributed by atoms with Crippen molar-refractivity contribution in [3.05, 3.63) is 22.8 Å². The van der Waals surface area contributed by atoms with E-state index in [0.717, 1.165) is 25.9 Å². The number of anilines is 1. The summed E-state index contributed by atoms with van der Waals surface area (Å²) in [5.74, 6) is -0.299. The molecule has 0 bridgehead atoms. The number of hydrogen-bond donors (Lipinski definition) is 1. The number of nitrogens with zero attached hydrogens (tertiary/aromatic N) is 2. The van der Waals surface area contributed by atoms with Crippen LogP contribution in [0.2, 0.25) is 5.15 Å². The predicted molar refractivity (Wildman–Crippen MR) is 62.3 cm³/mol. The van der Waals surface area contributed by atoms with E-state index >= 15 is 0 Å². The lowest BCUT2D eigenvalue weighted by Gasteiger charge is -2.27. The molecular weight excluding hydrogens is 228 g/mol. The maximum atomic E-state index is 10.9. The van der Waals surface area contributed by atoms with Crippen molar-refractivity contribution in [3.63, 3.8) is 0 Å². The van der Waals surface area contributed by atoms with Gasteiger partial charge in [0.05, 0.1) is 5.56 Å². The van der Waals surface area contributed by atoms with Crippen molar-refractivity contribution in [1.29, 1.82) is 0 Å². The van der Waals surface area contributed by atoms with Crippen molar-refractivity contribution in [2.45, 2.75) is 19.3 Å². The van der Waals surface area contributed by atoms with Crippen LogP contribution in [0.4, 0.5) is 5.82 Å². The van der Waals surface area contributed by atoms with E-state index in [9.17, 15) is 4.79 Å². The number of hydrogen-bond acceptors (Lipinski definition) is 3. The van der Waals surface area contributed by atoms with Gasteiger partial charge in [-0.2, -0.15) is 0 Å². The molecule has 1 N–H and O–H groups in total. The fourth-order valence-electron chi connectivity index (χ4n) is 1.89. The second-order valence-corrected chi connectivity index (χ2v) is 4.28. The summed E-state index contributed by atoms with van der Waals surface area (Å²) in [6, 6.07) is 2.96. The third-order valence-corrected chi connectivity index (χ3v) is 2.90. The van der Waals surface area contributed by atoms with Crippen LogP contribution in [0.5, 0.6) is 0 Å². The highest BCUT2D eigenvalue weighted by Crippen LogP contribution is 2.21. The van der Waals surface area contributed by atoms with E-state index in [1.54, 1.807) is 6.07 Å². The molecule has 0 radical (unpaired) electrons. The number of carbonyl (C=O) groups is 1. The lowest BCUT2D eigenvalue weighted by molar-refractivity contribution is 0.0697. The van der Waals surface area contributed by atoms with Gasteiger partial charge >= 0.3 is 5.97 Å². The topological polar surface area (TPSA) is 53.4 Å². The van der Waals surface area contributed by atoms with Crippen LogP contribution < -0.4 is 4.90 Å². The molecule has 4 nitrogen and oxygen atoms in total. The molecule has 0 unspecified atom stereocenters. The Kier molecular flexibility index (Phi) is 3.29. The van der Waals surface area contributed by atoms with Gasteiger partial charge in [0.25, 0.3) is 0 Å². The van der Waals surface area contributed by atoms with Gasteiger partial charge in [0, 0.05) is 13.1 Å². The highest BCUT2D eigenvalue weighted by Gasteiger charge is 2.15. The van der Waals surface area contributed by atoms with Gasteiger partial charge in [0.2, 0.25) is 0 Å². The predicted octanol–water partition coefficient (Wildman–Crippen LogP) is 2.42. The molecule has 2 heterocycles. The first kappa shape index (κ1) is 11.2. The summed E-state index contributed by atoms with van der Waals surface area (Å²) in [6.45, 7) is 1.85. The van der Waals surface area contributed by atoms with E-state index in [4.69, 9.17) is 16.7 Å². The van der Waals surface area contributed by atoms with Gasteiger partial charge in [-0.05, 0) is 31.4 Å². The molecule has 1 saturated heterocycles. The zero-order valence-electron chi connectivity index (χ0n) is 8.82. The van der Waals surface area contributed by atoms with Gasteiger partial charge in [0.15, 0.2) is 0 Å². The van der Waals surface area contributed by atoms with Gasteiger partial charge < -0.3 is 10.0 Å². The van der Waals surface area contributed by atoms with Crippen LogP contribution in [0.25, 0.3) is 0 Å². The van der Waals surface area contributed by atoms with Gasteiger partial charge in [-0.1, -0.05) is 11.6 Å². The average Bonchev–Trinajstić information content (AvgIpc) is 2.29. The smallest absolute Gasteiger partial charge is 0.335 e. The van der Waals surface area contributed by atoms with Crippen molar-refractivity contribution >= 4 is 23.4 Å². The summed E-state index contributed by atoms with van der Waals surface area (Å²) in [4.78, 5) is 17.1. The van der Waals surface area contributed by atoms with Crippen molar-refractivity contribution in [2.24, 2.45) is 0 Å². The average molecular weight is 241 g/mol. The Balaban J connectivity index is 2.28. The molecule has 1 aromatic rings. The molecule has 1 aliphatic rings. The van der Waals surface area contributed by atoms with E-state index in [1.807, 2.05) is 0 Å². The Bertz CT molecular complexity index is 403. The summed E-state index contributed by atoms with van der Waals surface area (Å²) in [5.41, 5.74) is 0.195. The zero-order valence-corrected chi connectivity index (χ0v) is 9.57. The second kappa shape index (κ2) is 4.70. The first-order valence-corrected chi connectivity index (χ1v) is 5.70. The molecule has 1 aliphatic heterocycles. The molecule has 1 fully saturated rings. The number of carboxylic acids is 1. The first-order chi connectivity index (χ1) is 7.66. The summed E-state index contributed by atoms with van der Waals surface area (Å²) in [6.07, 6.45) is 3.47. The lowest BCUT2D eigenvalue weighted by Crippen LogP contribution is -2.30. The highest BCUT2D eigenvalue weighted by molar-refractivity contribution is 6.29. The quantitative estimate of drug-likeness (QED) is 0.807. The van der Waals surface area contributed by atoms with Crippen molar-refractivity contribution < 1.29 is 9.90 Å². The first-order valence-electron chi connectivity index (χ1n) is 5.32. The Morgan fingerprint density at radius 2 is 2.00 bits per heavy atom. The van der Waals surface area contributed by atoms with Crippen LogP contribution >= 0.6 is 11.6 Å². The number of pyridine rings is 1. The fourth-order valence-corrected chi connectivity index (χ4v) is 2.10. The van der Waals surface area contributed by atoms with Gasteiger partial charge in [-0.25, -0.2) is 9.78 Å². The summed E-state index contributed by atoms with van der Waals surface area (Å²) < 4.78 is 0. The maximum absolute atomic E-state index is 10.9. The van der Waals surface area contributed by atoms with E-state index in [1.165, 1.54) is 12.5 Å². The number of halogens is 1. The van der Waals surface area contributed by atoms with Crippen LogP contribution in [0.3, 0.4) is 0 Å². The van der Waals surface area contributed by atoms with Gasteiger partial charge in [0.1, 0.15) is 11.0 Å². The molecule has 0 amide bonds. The molecule has 0 aliphatic carbocycles. The minimum Gasteiger partial charge on any atom is -0.478 e. The largest absolute Gasteiger partial charge is 0.478 e. The fraction of sp³-hybridized carbons (Fsp3) is 0.455. The second-order valence-electron chi connectivity index (χ2n) is 3.89. The van der Waals surface area contributed by atoms with E-state index in [-0.39, 0.29) is 10.7 Å². The minimum atomic E-state index is -0.970. The number of aromatic carboxylic acids is 1. The van der Waals surface area contributed by atoms with E-state index < -0.39 is 5.97 Å². The number of piperidine rings is 1. The zero-order chi connectivity index (χ0) is 11.5. The van der Waals surface area contributed by atoms with Crippen LogP contribution in [-0.2, 0) is 0 Å². The third kappa shape index (κ3) is 2.44. The molecule has 0 atom stereocenters. The monoisotopic (exact) mass is 240 g/mol. The molecule has 86 valence electrons. The molecule has 0 aromatic carbocycles. The molecule has 1 aromatic heterocycles. The standard InChI is InChI=1S/C11H13ClN2O2/c12-9-6-8(11(15)16)7-10(13-9)14-4-2-1-3-5-14/h6-7H,1-5H2,(H,15,16). The normalized spacial score (nSPS) is 16.2. The van der Waals surface area contributed by atoms with Gasteiger partial charge in [-0.15, -0.1) is 0 Å². The number of carboxylic acid groups (broad SMARTS) is 1. The van der Waals surface area contributed by atoms with Crippen molar-refractivity contribution in [1.82, 2.24) is 4.98 Å². The van der Waals surface area contributed by atoms with Crippen LogP contribution in [-0.4, -0.2) is 29.1 Å². The van der Waals surface area contributed by atoms with Gasteiger partial charge in [-0.3, -0.25) is 0 Å². The van der Waals surface area contributed by atoms with Crippen molar-refractivity contribution in [2.75, 3.05) is 18.0 Å². The summed E-state index contributed by atoms with van der Waals surface area (Å²) in [5, 5.41) is 9.16. The molecule has 0 spiro atoms. The van der Waals surface area contributed by atoms with Crippen LogP contribution in [0.1, 0.15) is 29.6 Å². The Morgan fingerprint density at radius 1 is 1.31 bits per heavy atom. The number of aromatic nitrogens is 1. The summed E-state index contributed by atoms with van der Waals surface area (Å²) in [7, 11) is 0. The molecule has 2 rings (SSSR count). The minimum absolute atomic E-state index is 0.195. The molecule has 16 heavy (non-hydrogen) atoms. The highest BCUT2D eigenvalue weighted by atomic mass is 35.5.